The molecule has 0 aromatic heterocycles. The van der Waals surface area contributed by atoms with Crippen LogP contribution in [0.15, 0.2) is 22.7 Å². The molecule has 1 N–H and O–H groups in total. The third kappa shape index (κ3) is 4.67. The molecule has 18 heavy (non-hydrogen) atoms. The van der Waals surface area contributed by atoms with Crippen molar-refractivity contribution in [1.82, 2.24) is 10.2 Å². The van der Waals surface area contributed by atoms with E-state index in [1.165, 1.54) is 6.07 Å². The molecule has 0 amide bonds. The van der Waals surface area contributed by atoms with E-state index in [0.717, 1.165) is 17.6 Å². The molecule has 0 radical (unpaired) electrons. The second-order valence-corrected chi connectivity index (χ2v) is 5.83. The normalized spacial score (nSPS) is 13.3. The summed E-state index contributed by atoms with van der Waals surface area (Å²) in [5.74, 6) is -0.165. The Labute approximate surface area is 118 Å². The van der Waals surface area contributed by atoms with Crippen molar-refractivity contribution in [2.45, 2.75) is 32.9 Å². The number of hydrogen-bond donors (Lipinski definition) is 1. The number of benzene rings is 1. The van der Waals surface area contributed by atoms with Crippen molar-refractivity contribution in [3.8, 4) is 0 Å². The highest BCUT2D eigenvalue weighted by atomic mass is 79.9. The van der Waals surface area contributed by atoms with E-state index >= 15 is 0 Å². The highest BCUT2D eigenvalue weighted by molar-refractivity contribution is 9.10. The Morgan fingerprint density at radius 2 is 2.00 bits per heavy atom. The van der Waals surface area contributed by atoms with Gasteiger partial charge in [-0.1, -0.05) is 22.0 Å². The van der Waals surface area contributed by atoms with Gasteiger partial charge in [0.05, 0.1) is 0 Å². The lowest BCUT2D eigenvalue weighted by Crippen LogP contribution is -2.34. The number of likely N-dealkylation sites (N-methyl/N-ethyl adjacent to an activating group) is 1. The molecule has 0 saturated carbocycles. The van der Waals surface area contributed by atoms with Gasteiger partial charge in [0.25, 0.3) is 0 Å². The number of hydrogen-bond acceptors (Lipinski definition) is 2. The van der Waals surface area contributed by atoms with E-state index in [4.69, 9.17) is 0 Å². The minimum absolute atomic E-state index is 0.0265. The minimum Gasteiger partial charge on any atom is -0.309 e. The molecule has 2 nitrogen and oxygen atoms in total. The van der Waals surface area contributed by atoms with Crippen LogP contribution in [0.3, 0.4) is 0 Å². The molecule has 1 aromatic rings. The molecule has 1 rings (SSSR count). The van der Waals surface area contributed by atoms with E-state index in [9.17, 15) is 4.39 Å². The fourth-order valence-corrected chi connectivity index (χ4v) is 2.01. The molecule has 0 aliphatic rings. The summed E-state index contributed by atoms with van der Waals surface area (Å²) < 4.78 is 14.5. The highest BCUT2D eigenvalue weighted by Crippen LogP contribution is 2.20. The van der Waals surface area contributed by atoms with Crippen molar-refractivity contribution in [2.24, 2.45) is 0 Å². The first-order chi connectivity index (χ1) is 8.41. The second-order valence-electron chi connectivity index (χ2n) is 4.92. The Morgan fingerprint density at radius 1 is 1.33 bits per heavy atom. The number of nitrogens with one attached hydrogen (secondary N) is 1. The Hall–Kier alpha value is -0.450. The third-order valence-corrected chi connectivity index (χ3v) is 3.72. The third-order valence-electron chi connectivity index (χ3n) is 3.23. The Kier molecular flexibility index (Phi) is 6.26. The molecule has 102 valence electrons. The molecule has 0 fully saturated rings. The van der Waals surface area contributed by atoms with Gasteiger partial charge in [0, 0.05) is 35.2 Å². The molecule has 0 saturated heterocycles. The molecule has 4 heteroatoms. The molecule has 1 unspecified atom stereocenters. The summed E-state index contributed by atoms with van der Waals surface area (Å²) in [6.07, 6.45) is 0. The van der Waals surface area contributed by atoms with E-state index in [0.29, 0.717) is 11.6 Å². The van der Waals surface area contributed by atoms with Crippen LogP contribution < -0.4 is 5.32 Å². The van der Waals surface area contributed by atoms with Gasteiger partial charge in [-0.3, -0.25) is 0 Å². The van der Waals surface area contributed by atoms with E-state index in [1.54, 1.807) is 0 Å². The van der Waals surface area contributed by atoms with E-state index in [2.05, 4.69) is 47.0 Å². The highest BCUT2D eigenvalue weighted by Gasteiger charge is 2.11. The lowest BCUT2D eigenvalue weighted by Gasteiger charge is -2.22. The summed E-state index contributed by atoms with van der Waals surface area (Å²) in [4.78, 5) is 2.26. The van der Waals surface area contributed by atoms with Gasteiger partial charge in [-0.05, 0) is 40.0 Å². The summed E-state index contributed by atoms with van der Waals surface area (Å²) in [6.45, 7) is 8.13. The molecule has 0 aliphatic heterocycles. The topological polar surface area (TPSA) is 15.3 Å². The molecular weight excluding hydrogens is 295 g/mol. The standard InChI is InChI=1S/C14H22BrFN2/c1-10(2)18(4)8-7-17-11(3)13-6-5-12(15)9-14(13)16/h5-6,9-11,17H,7-8H2,1-4H3. The van der Waals surface area contributed by atoms with Crippen LogP contribution in [0.2, 0.25) is 0 Å². The monoisotopic (exact) mass is 316 g/mol. The van der Waals surface area contributed by atoms with Gasteiger partial charge in [0.1, 0.15) is 5.82 Å². The van der Waals surface area contributed by atoms with E-state index < -0.39 is 0 Å². The SMILES string of the molecule is CC(NCCN(C)C(C)C)c1ccc(Br)cc1F. The molecule has 0 heterocycles. The number of halogens is 2. The van der Waals surface area contributed by atoms with Crippen molar-refractivity contribution < 1.29 is 4.39 Å². The smallest absolute Gasteiger partial charge is 0.129 e. The first-order valence-electron chi connectivity index (χ1n) is 6.30. The van der Waals surface area contributed by atoms with Crippen LogP contribution in [0, 0.1) is 5.82 Å². The average molecular weight is 317 g/mol. The largest absolute Gasteiger partial charge is 0.309 e. The van der Waals surface area contributed by atoms with Crippen molar-refractivity contribution in [2.75, 3.05) is 20.1 Å². The van der Waals surface area contributed by atoms with Crippen LogP contribution in [-0.4, -0.2) is 31.1 Å². The molecule has 1 atom stereocenters. The van der Waals surface area contributed by atoms with Crippen LogP contribution >= 0.6 is 15.9 Å². The number of rotatable bonds is 6. The molecular formula is C14H22BrFN2. The van der Waals surface area contributed by atoms with Gasteiger partial charge in [0.2, 0.25) is 0 Å². The summed E-state index contributed by atoms with van der Waals surface area (Å²) >= 11 is 3.27. The maximum absolute atomic E-state index is 13.7. The van der Waals surface area contributed by atoms with Gasteiger partial charge in [-0.25, -0.2) is 4.39 Å². The summed E-state index contributed by atoms with van der Waals surface area (Å²) in [6, 6.07) is 5.76. The zero-order chi connectivity index (χ0) is 13.7. The second kappa shape index (κ2) is 7.22. The summed E-state index contributed by atoms with van der Waals surface area (Å²) in [5.41, 5.74) is 0.713. The van der Waals surface area contributed by atoms with E-state index in [1.807, 2.05) is 19.1 Å². The first-order valence-corrected chi connectivity index (χ1v) is 7.09. The van der Waals surface area contributed by atoms with Crippen molar-refractivity contribution in [1.29, 1.82) is 0 Å². The lowest BCUT2D eigenvalue weighted by atomic mass is 10.1. The van der Waals surface area contributed by atoms with Crippen LogP contribution in [0.25, 0.3) is 0 Å². The fraction of sp³-hybridized carbons (Fsp3) is 0.571. The van der Waals surface area contributed by atoms with Crippen LogP contribution in [0.1, 0.15) is 32.4 Å². The Balaban J connectivity index is 2.48. The van der Waals surface area contributed by atoms with Gasteiger partial charge >= 0.3 is 0 Å². The molecule has 0 aliphatic carbocycles. The maximum atomic E-state index is 13.7. The molecule has 1 aromatic carbocycles. The molecule has 0 bridgehead atoms. The first kappa shape index (κ1) is 15.6. The Bertz CT molecular complexity index is 382. The zero-order valence-electron chi connectivity index (χ0n) is 11.5. The van der Waals surface area contributed by atoms with Crippen molar-refractivity contribution in [3.05, 3.63) is 34.1 Å². The zero-order valence-corrected chi connectivity index (χ0v) is 13.1. The lowest BCUT2D eigenvalue weighted by molar-refractivity contribution is 0.269. The van der Waals surface area contributed by atoms with E-state index in [-0.39, 0.29) is 11.9 Å². The maximum Gasteiger partial charge on any atom is 0.129 e. The average Bonchev–Trinajstić information content (AvgIpc) is 2.28. The quantitative estimate of drug-likeness (QED) is 0.863. The Morgan fingerprint density at radius 3 is 2.56 bits per heavy atom. The predicted molar refractivity (Wildman–Crippen MR) is 78.3 cm³/mol. The molecule has 0 spiro atoms. The fourth-order valence-electron chi connectivity index (χ4n) is 1.68. The van der Waals surface area contributed by atoms with Crippen molar-refractivity contribution >= 4 is 15.9 Å². The van der Waals surface area contributed by atoms with Crippen molar-refractivity contribution in [3.63, 3.8) is 0 Å². The summed E-state index contributed by atoms with van der Waals surface area (Å²) in [5, 5.41) is 3.35. The van der Waals surface area contributed by atoms with Gasteiger partial charge in [0.15, 0.2) is 0 Å². The predicted octanol–water partition coefficient (Wildman–Crippen LogP) is 3.58. The number of nitrogens with zero attached hydrogens (tertiary/aromatic N) is 1. The van der Waals surface area contributed by atoms with Crippen LogP contribution in [-0.2, 0) is 0 Å². The van der Waals surface area contributed by atoms with Gasteiger partial charge in [-0.2, -0.15) is 0 Å². The van der Waals surface area contributed by atoms with Crippen LogP contribution in [0.5, 0.6) is 0 Å². The van der Waals surface area contributed by atoms with Crippen LogP contribution in [0.4, 0.5) is 4.39 Å². The summed E-state index contributed by atoms with van der Waals surface area (Å²) in [7, 11) is 2.09. The van der Waals surface area contributed by atoms with Gasteiger partial charge < -0.3 is 10.2 Å². The van der Waals surface area contributed by atoms with Gasteiger partial charge in [-0.15, -0.1) is 0 Å². The minimum atomic E-state index is -0.165.